The Morgan fingerprint density at radius 2 is 1.81 bits per heavy atom. The molecule has 0 aliphatic carbocycles. The maximum atomic E-state index is 12.2. The molecule has 0 radical (unpaired) electrons. The summed E-state index contributed by atoms with van der Waals surface area (Å²) in [5, 5.41) is 0.978. The molecule has 168 valence electrons. The summed E-state index contributed by atoms with van der Waals surface area (Å²) in [6.07, 6.45) is 4.19. The second kappa shape index (κ2) is 9.68. The van der Waals surface area contributed by atoms with Gasteiger partial charge in [0, 0.05) is 31.1 Å². The van der Waals surface area contributed by atoms with Crippen molar-refractivity contribution in [2.45, 2.75) is 39.2 Å². The van der Waals surface area contributed by atoms with Gasteiger partial charge in [0.2, 0.25) is 0 Å². The molecule has 2 aliphatic heterocycles. The number of fused-ring (bicyclic) bond motifs is 1. The Kier molecular flexibility index (Phi) is 6.75. The number of aromatic nitrogens is 2. The highest BCUT2D eigenvalue weighted by Gasteiger charge is 2.28. The zero-order valence-electron chi connectivity index (χ0n) is 18.7. The summed E-state index contributed by atoms with van der Waals surface area (Å²) in [7, 11) is 3.28. The molecular formula is C23H32N4O4. The normalized spacial score (nSPS) is 19.6. The van der Waals surface area contributed by atoms with E-state index in [1.54, 1.807) is 14.2 Å². The number of nitrogens with zero attached hydrogens (tertiary/aromatic N) is 4. The summed E-state index contributed by atoms with van der Waals surface area (Å²) in [5.74, 6) is 2.90. The Morgan fingerprint density at radius 1 is 1.06 bits per heavy atom. The minimum atomic E-state index is -0.0961. The maximum Gasteiger partial charge on any atom is 0.310 e. The standard InChI is InChI=1S/C23H32N4O4/c1-4-31-23(28)16-8-7-9-26(14-16)15-21-24-18-13-20(30-3)19(29-2)12-17(18)22(25-21)27-10-5-6-11-27/h12-13,16H,4-11,14-15H2,1-3H3/t16-/m0/s1. The van der Waals surface area contributed by atoms with Crippen LogP contribution in [-0.4, -0.2) is 67.8 Å². The van der Waals surface area contributed by atoms with Crippen LogP contribution in [0.1, 0.15) is 38.4 Å². The minimum Gasteiger partial charge on any atom is -0.493 e. The molecule has 1 aromatic heterocycles. The number of methoxy groups -OCH3 is 2. The van der Waals surface area contributed by atoms with Crippen LogP contribution in [0.3, 0.4) is 0 Å². The van der Waals surface area contributed by atoms with Gasteiger partial charge in [-0.3, -0.25) is 9.69 Å². The monoisotopic (exact) mass is 428 g/mol. The lowest BCUT2D eigenvalue weighted by atomic mass is 9.98. The van der Waals surface area contributed by atoms with E-state index in [0.717, 1.165) is 55.0 Å². The molecule has 3 heterocycles. The third-order valence-corrected chi connectivity index (χ3v) is 6.12. The van der Waals surface area contributed by atoms with Crippen molar-refractivity contribution in [3.8, 4) is 11.5 Å². The van der Waals surface area contributed by atoms with Gasteiger partial charge in [-0.25, -0.2) is 9.97 Å². The number of likely N-dealkylation sites (tertiary alicyclic amines) is 1. The van der Waals surface area contributed by atoms with E-state index in [9.17, 15) is 4.79 Å². The summed E-state index contributed by atoms with van der Waals surface area (Å²) >= 11 is 0. The third kappa shape index (κ3) is 4.69. The van der Waals surface area contributed by atoms with E-state index in [1.807, 2.05) is 19.1 Å². The molecule has 0 saturated carbocycles. The summed E-state index contributed by atoms with van der Waals surface area (Å²) in [6, 6.07) is 3.90. The molecule has 1 atom stereocenters. The van der Waals surface area contributed by atoms with Crippen molar-refractivity contribution < 1.29 is 19.0 Å². The highest BCUT2D eigenvalue weighted by atomic mass is 16.5. The van der Waals surface area contributed by atoms with Gasteiger partial charge < -0.3 is 19.1 Å². The summed E-state index contributed by atoms with van der Waals surface area (Å²) < 4.78 is 16.3. The molecule has 2 fully saturated rings. The van der Waals surface area contributed by atoms with E-state index in [1.165, 1.54) is 12.8 Å². The second-order valence-corrected chi connectivity index (χ2v) is 8.21. The van der Waals surface area contributed by atoms with Crippen molar-refractivity contribution in [1.82, 2.24) is 14.9 Å². The number of hydrogen-bond acceptors (Lipinski definition) is 8. The maximum absolute atomic E-state index is 12.2. The smallest absolute Gasteiger partial charge is 0.310 e. The number of ether oxygens (including phenoxy) is 3. The van der Waals surface area contributed by atoms with Gasteiger partial charge in [0.1, 0.15) is 11.6 Å². The number of benzene rings is 1. The quantitative estimate of drug-likeness (QED) is 0.623. The number of rotatable bonds is 7. The number of piperidine rings is 1. The van der Waals surface area contributed by atoms with Gasteiger partial charge in [0.05, 0.1) is 38.8 Å². The topological polar surface area (TPSA) is 77.0 Å². The predicted octanol–water partition coefficient (Wildman–Crippen LogP) is 3.02. The zero-order valence-corrected chi connectivity index (χ0v) is 18.7. The molecule has 0 spiro atoms. The lowest BCUT2D eigenvalue weighted by molar-refractivity contribution is -0.150. The molecule has 1 aromatic carbocycles. The zero-order chi connectivity index (χ0) is 21.8. The van der Waals surface area contributed by atoms with Gasteiger partial charge in [-0.05, 0) is 45.2 Å². The number of anilines is 1. The molecule has 0 bridgehead atoms. The van der Waals surface area contributed by atoms with E-state index in [4.69, 9.17) is 24.2 Å². The molecule has 31 heavy (non-hydrogen) atoms. The molecule has 2 aliphatic rings. The van der Waals surface area contributed by atoms with Crippen LogP contribution >= 0.6 is 0 Å². The van der Waals surface area contributed by atoms with Crippen molar-refractivity contribution >= 4 is 22.7 Å². The fourth-order valence-corrected chi connectivity index (χ4v) is 4.58. The molecule has 0 N–H and O–H groups in total. The largest absolute Gasteiger partial charge is 0.493 e. The molecule has 2 aromatic rings. The van der Waals surface area contributed by atoms with Crippen LogP contribution < -0.4 is 14.4 Å². The number of carbonyl (C=O) groups excluding carboxylic acids is 1. The first-order chi connectivity index (χ1) is 15.1. The number of carbonyl (C=O) groups is 1. The van der Waals surface area contributed by atoms with Gasteiger partial charge in [-0.2, -0.15) is 0 Å². The molecule has 2 saturated heterocycles. The van der Waals surface area contributed by atoms with Crippen LogP contribution in [-0.2, 0) is 16.1 Å². The van der Waals surface area contributed by atoms with Crippen LogP contribution in [0.2, 0.25) is 0 Å². The van der Waals surface area contributed by atoms with E-state index in [2.05, 4.69) is 9.80 Å². The van der Waals surface area contributed by atoms with Gasteiger partial charge >= 0.3 is 5.97 Å². The Bertz CT molecular complexity index is 929. The van der Waals surface area contributed by atoms with Crippen LogP contribution in [0.15, 0.2) is 12.1 Å². The number of hydrogen-bond donors (Lipinski definition) is 0. The SMILES string of the molecule is CCOC(=O)[C@H]1CCCN(Cc2nc(N3CCCC3)c3cc(OC)c(OC)cc3n2)C1. The van der Waals surface area contributed by atoms with Gasteiger partial charge in [-0.1, -0.05) is 0 Å². The minimum absolute atomic E-state index is 0.0726. The van der Waals surface area contributed by atoms with Gasteiger partial charge in [-0.15, -0.1) is 0 Å². The predicted molar refractivity (Wildman–Crippen MR) is 119 cm³/mol. The van der Waals surface area contributed by atoms with Crippen molar-refractivity contribution in [3.05, 3.63) is 18.0 Å². The highest BCUT2D eigenvalue weighted by molar-refractivity contribution is 5.92. The first kappa shape index (κ1) is 21.6. The number of esters is 1. The molecule has 0 amide bonds. The second-order valence-electron chi connectivity index (χ2n) is 8.21. The first-order valence-corrected chi connectivity index (χ1v) is 11.2. The van der Waals surface area contributed by atoms with Crippen molar-refractivity contribution in [2.24, 2.45) is 5.92 Å². The van der Waals surface area contributed by atoms with E-state index >= 15 is 0 Å². The molecule has 0 unspecified atom stereocenters. The van der Waals surface area contributed by atoms with Gasteiger partial charge in [0.25, 0.3) is 0 Å². The van der Waals surface area contributed by atoms with Crippen molar-refractivity contribution in [1.29, 1.82) is 0 Å². The molecule has 8 heteroatoms. The van der Waals surface area contributed by atoms with E-state index in [0.29, 0.717) is 31.2 Å². The van der Waals surface area contributed by atoms with Crippen molar-refractivity contribution in [3.63, 3.8) is 0 Å². The van der Waals surface area contributed by atoms with Crippen molar-refractivity contribution in [2.75, 3.05) is 51.9 Å². The highest BCUT2D eigenvalue weighted by Crippen LogP contribution is 2.36. The average Bonchev–Trinajstić information content (AvgIpc) is 3.33. The molecule has 4 rings (SSSR count). The van der Waals surface area contributed by atoms with Crippen LogP contribution in [0, 0.1) is 5.92 Å². The van der Waals surface area contributed by atoms with Crippen LogP contribution in [0.5, 0.6) is 11.5 Å². The Labute approximate surface area is 183 Å². The van der Waals surface area contributed by atoms with Crippen LogP contribution in [0.4, 0.5) is 5.82 Å². The van der Waals surface area contributed by atoms with Crippen LogP contribution in [0.25, 0.3) is 10.9 Å². The summed E-state index contributed by atoms with van der Waals surface area (Å²) in [4.78, 5) is 26.6. The fraction of sp³-hybridized carbons (Fsp3) is 0.609. The Balaban J connectivity index is 1.65. The van der Waals surface area contributed by atoms with Gasteiger partial charge in [0.15, 0.2) is 11.5 Å². The van der Waals surface area contributed by atoms with E-state index < -0.39 is 0 Å². The third-order valence-electron chi connectivity index (χ3n) is 6.12. The lowest BCUT2D eigenvalue weighted by Crippen LogP contribution is -2.39. The summed E-state index contributed by atoms with van der Waals surface area (Å²) in [6.45, 7) is 6.50. The van der Waals surface area contributed by atoms with E-state index in [-0.39, 0.29) is 11.9 Å². The Hall–Kier alpha value is -2.61. The fourth-order valence-electron chi connectivity index (χ4n) is 4.58. The Morgan fingerprint density at radius 3 is 2.52 bits per heavy atom. The summed E-state index contributed by atoms with van der Waals surface area (Å²) in [5.41, 5.74) is 0.850. The molecule has 8 nitrogen and oxygen atoms in total. The first-order valence-electron chi connectivity index (χ1n) is 11.2. The average molecular weight is 429 g/mol. The molecular weight excluding hydrogens is 396 g/mol. The lowest BCUT2D eigenvalue weighted by Gasteiger charge is -2.31.